The molecule has 1 atom stereocenters. The first-order chi connectivity index (χ1) is 9.33. The van der Waals surface area contributed by atoms with Gasteiger partial charge in [0, 0.05) is 23.9 Å². The Morgan fingerprint density at radius 3 is 2.30 bits per heavy atom. The molecule has 1 aromatic rings. The van der Waals surface area contributed by atoms with Crippen molar-refractivity contribution in [2.45, 2.75) is 19.4 Å². The van der Waals surface area contributed by atoms with Gasteiger partial charge in [0.25, 0.3) is 0 Å². The van der Waals surface area contributed by atoms with E-state index in [1.807, 2.05) is 0 Å². The van der Waals surface area contributed by atoms with Gasteiger partial charge in [0.05, 0.1) is 13.5 Å². The molecule has 0 spiro atoms. The molecule has 2 amide bonds. The highest BCUT2D eigenvalue weighted by Crippen LogP contribution is 2.17. The predicted molar refractivity (Wildman–Crippen MR) is 64.6 cm³/mol. The number of carbonyl (C=O) groups is 2. The number of anilines is 1. The molecule has 1 aromatic carbocycles. The van der Waals surface area contributed by atoms with Gasteiger partial charge in [-0.05, 0) is 6.92 Å². The first-order valence-electron chi connectivity index (χ1n) is 5.62. The first-order valence-corrected chi connectivity index (χ1v) is 5.62. The number of esters is 1. The van der Waals surface area contributed by atoms with E-state index >= 15 is 0 Å². The maximum Gasteiger partial charge on any atom is 0.319 e. The van der Waals surface area contributed by atoms with Gasteiger partial charge in [-0.15, -0.1) is 0 Å². The molecule has 5 nitrogen and oxygen atoms in total. The van der Waals surface area contributed by atoms with Crippen LogP contribution in [0.5, 0.6) is 0 Å². The van der Waals surface area contributed by atoms with E-state index in [1.54, 1.807) is 6.92 Å². The average Bonchev–Trinajstić information content (AvgIpc) is 2.35. The second-order valence-electron chi connectivity index (χ2n) is 4.03. The second kappa shape index (κ2) is 6.78. The Morgan fingerprint density at radius 2 is 1.80 bits per heavy atom. The van der Waals surface area contributed by atoms with Crippen LogP contribution in [0.2, 0.25) is 0 Å². The van der Waals surface area contributed by atoms with Crippen LogP contribution in [0.25, 0.3) is 0 Å². The maximum absolute atomic E-state index is 12.9. The third-order valence-electron chi connectivity index (χ3n) is 2.32. The van der Waals surface area contributed by atoms with Crippen molar-refractivity contribution < 1.29 is 27.5 Å². The summed E-state index contributed by atoms with van der Waals surface area (Å²) in [5.74, 6) is -4.96. The van der Waals surface area contributed by atoms with Crippen LogP contribution in [0.1, 0.15) is 13.3 Å². The number of rotatable bonds is 4. The third kappa shape index (κ3) is 4.45. The molecule has 0 aliphatic rings. The van der Waals surface area contributed by atoms with E-state index in [4.69, 9.17) is 0 Å². The van der Waals surface area contributed by atoms with Crippen LogP contribution in [-0.4, -0.2) is 25.2 Å². The zero-order valence-electron chi connectivity index (χ0n) is 10.8. The van der Waals surface area contributed by atoms with Crippen molar-refractivity contribution in [1.29, 1.82) is 0 Å². The maximum atomic E-state index is 12.9. The van der Waals surface area contributed by atoms with Gasteiger partial charge >= 0.3 is 12.0 Å². The van der Waals surface area contributed by atoms with Crippen molar-refractivity contribution in [2.75, 3.05) is 12.4 Å². The smallest absolute Gasteiger partial charge is 0.319 e. The summed E-state index contributed by atoms with van der Waals surface area (Å²) in [6.07, 6.45) is -0.0595. The molecule has 0 unspecified atom stereocenters. The van der Waals surface area contributed by atoms with Gasteiger partial charge in [0.2, 0.25) is 0 Å². The molecule has 8 heteroatoms. The van der Waals surface area contributed by atoms with Crippen molar-refractivity contribution >= 4 is 17.7 Å². The number of hydrogen-bond acceptors (Lipinski definition) is 3. The highest BCUT2D eigenvalue weighted by Gasteiger charge is 2.14. The van der Waals surface area contributed by atoms with Gasteiger partial charge in [0.15, 0.2) is 17.5 Å². The molecular weight excluding hydrogens is 277 g/mol. The molecule has 2 N–H and O–H groups in total. The van der Waals surface area contributed by atoms with Crippen LogP contribution >= 0.6 is 0 Å². The van der Waals surface area contributed by atoms with Gasteiger partial charge in [-0.2, -0.15) is 0 Å². The molecule has 0 fully saturated rings. The number of hydrogen-bond donors (Lipinski definition) is 2. The van der Waals surface area contributed by atoms with Crippen LogP contribution in [-0.2, 0) is 9.53 Å². The van der Waals surface area contributed by atoms with Crippen molar-refractivity contribution in [3.05, 3.63) is 29.6 Å². The zero-order valence-corrected chi connectivity index (χ0v) is 10.8. The fourth-order valence-electron chi connectivity index (χ4n) is 1.40. The SMILES string of the molecule is COC(=O)C[C@H](C)NC(=O)Nc1cc(F)c(F)c(F)c1. The molecule has 0 saturated carbocycles. The zero-order chi connectivity index (χ0) is 15.3. The number of carbonyl (C=O) groups excluding carboxylic acids is 2. The van der Waals surface area contributed by atoms with Gasteiger partial charge in [-0.3, -0.25) is 4.79 Å². The number of amides is 2. The molecule has 0 bridgehead atoms. The summed E-state index contributed by atoms with van der Waals surface area (Å²) in [6.45, 7) is 1.54. The van der Waals surface area contributed by atoms with E-state index in [1.165, 1.54) is 7.11 Å². The Balaban J connectivity index is 2.61. The topological polar surface area (TPSA) is 67.4 Å². The molecule has 0 aliphatic carbocycles. The summed E-state index contributed by atoms with van der Waals surface area (Å²) < 4.78 is 43.0. The van der Waals surface area contributed by atoms with Gasteiger partial charge in [-0.25, -0.2) is 18.0 Å². The number of urea groups is 1. The molecule has 20 heavy (non-hydrogen) atoms. The predicted octanol–water partition coefficient (Wildman–Crippen LogP) is 2.18. The van der Waals surface area contributed by atoms with E-state index in [9.17, 15) is 22.8 Å². The summed E-state index contributed by atoms with van der Waals surface area (Å²) in [5, 5.41) is 4.48. The number of ether oxygens (including phenoxy) is 1. The molecule has 0 saturated heterocycles. The Hall–Kier alpha value is -2.25. The fraction of sp³-hybridized carbons (Fsp3) is 0.333. The molecule has 0 aromatic heterocycles. The minimum Gasteiger partial charge on any atom is -0.469 e. The van der Waals surface area contributed by atoms with Crippen LogP contribution in [0.3, 0.4) is 0 Å². The molecular formula is C12H13F3N2O3. The number of benzene rings is 1. The van der Waals surface area contributed by atoms with Gasteiger partial charge < -0.3 is 15.4 Å². The Labute approximate surface area is 113 Å². The fourth-order valence-corrected chi connectivity index (χ4v) is 1.40. The summed E-state index contributed by atoms with van der Waals surface area (Å²) in [7, 11) is 1.21. The van der Waals surface area contributed by atoms with Gasteiger partial charge in [0.1, 0.15) is 0 Å². The van der Waals surface area contributed by atoms with E-state index in [0.717, 1.165) is 0 Å². The lowest BCUT2D eigenvalue weighted by Crippen LogP contribution is -2.37. The number of halogens is 3. The van der Waals surface area contributed by atoms with E-state index in [0.29, 0.717) is 12.1 Å². The second-order valence-corrected chi connectivity index (χ2v) is 4.03. The summed E-state index contributed by atoms with van der Waals surface area (Å²) >= 11 is 0. The van der Waals surface area contributed by atoms with Crippen molar-refractivity contribution in [3.63, 3.8) is 0 Å². The summed E-state index contributed by atoms with van der Waals surface area (Å²) in [6, 6.07) is -0.0456. The van der Waals surface area contributed by atoms with Crippen molar-refractivity contribution in [1.82, 2.24) is 5.32 Å². The molecule has 110 valence electrons. The normalized spacial score (nSPS) is 11.7. The molecule has 1 rings (SSSR count). The lowest BCUT2D eigenvalue weighted by molar-refractivity contribution is -0.141. The number of methoxy groups -OCH3 is 1. The third-order valence-corrected chi connectivity index (χ3v) is 2.32. The first kappa shape index (κ1) is 15.8. The number of nitrogens with one attached hydrogen (secondary N) is 2. The average molecular weight is 290 g/mol. The largest absolute Gasteiger partial charge is 0.469 e. The van der Waals surface area contributed by atoms with E-state index in [2.05, 4.69) is 15.4 Å². The van der Waals surface area contributed by atoms with Crippen molar-refractivity contribution in [3.8, 4) is 0 Å². The molecule has 0 heterocycles. The molecule has 0 aliphatic heterocycles. The monoisotopic (exact) mass is 290 g/mol. The van der Waals surface area contributed by atoms with Gasteiger partial charge in [-0.1, -0.05) is 0 Å². The minimum absolute atomic E-state index is 0.0595. The quantitative estimate of drug-likeness (QED) is 0.659. The van der Waals surface area contributed by atoms with Crippen LogP contribution in [0, 0.1) is 17.5 Å². The summed E-state index contributed by atoms with van der Waals surface area (Å²) in [5.41, 5.74) is -0.246. The van der Waals surface area contributed by atoms with Crippen LogP contribution in [0.15, 0.2) is 12.1 Å². The Kier molecular flexibility index (Phi) is 5.36. The van der Waals surface area contributed by atoms with Crippen molar-refractivity contribution in [2.24, 2.45) is 0 Å². The highest BCUT2D eigenvalue weighted by molar-refractivity contribution is 5.89. The van der Waals surface area contributed by atoms with Crippen LogP contribution in [0.4, 0.5) is 23.7 Å². The van der Waals surface area contributed by atoms with Crippen LogP contribution < -0.4 is 10.6 Å². The standard InChI is InChI=1S/C12H13F3N2O3/c1-6(3-10(18)20-2)16-12(19)17-7-4-8(13)11(15)9(14)5-7/h4-6H,3H2,1-2H3,(H2,16,17,19)/t6-/m0/s1. The Morgan fingerprint density at radius 1 is 1.25 bits per heavy atom. The van der Waals surface area contributed by atoms with E-state index in [-0.39, 0.29) is 12.1 Å². The lowest BCUT2D eigenvalue weighted by Gasteiger charge is -2.13. The Bertz CT molecular complexity index is 500. The van der Waals surface area contributed by atoms with E-state index < -0.39 is 35.5 Å². The molecule has 0 radical (unpaired) electrons. The highest BCUT2D eigenvalue weighted by atomic mass is 19.2. The minimum atomic E-state index is -1.62. The summed E-state index contributed by atoms with van der Waals surface area (Å²) in [4.78, 5) is 22.4. The lowest BCUT2D eigenvalue weighted by atomic mass is 10.2.